The second kappa shape index (κ2) is 5.58. The number of furan rings is 1. The minimum Gasteiger partial charge on any atom is -0.461 e. The van der Waals surface area contributed by atoms with Gasteiger partial charge in [0, 0.05) is 24.4 Å². The van der Waals surface area contributed by atoms with Crippen LogP contribution >= 0.6 is 0 Å². The van der Waals surface area contributed by atoms with E-state index in [2.05, 4.69) is 10.6 Å². The van der Waals surface area contributed by atoms with Crippen molar-refractivity contribution in [2.75, 3.05) is 6.54 Å². The number of carbonyl (C=O) groups is 1. The van der Waals surface area contributed by atoms with E-state index in [0.29, 0.717) is 13.0 Å². The number of hydrogen-bond acceptors (Lipinski definition) is 2. The summed E-state index contributed by atoms with van der Waals surface area (Å²) in [5.74, 6) is 0.889. The molecule has 2 N–H and O–H groups in total. The van der Waals surface area contributed by atoms with E-state index < -0.39 is 0 Å². The molecule has 0 fully saturated rings. The van der Waals surface area contributed by atoms with Gasteiger partial charge in [0.15, 0.2) is 0 Å². The van der Waals surface area contributed by atoms with Crippen LogP contribution in [0.25, 0.3) is 11.0 Å². The smallest absolute Gasteiger partial charge is 0.314 e. The number of para-hydroxylation sites is 1. The minimum absolute atomic E-state index is 0.0390. The van der Waals surface area contributed by atoms with Gasteiger partial charge in [0.25, 0.3) is 0 Å². The van der Waals surface area contributed by atoms with Crippen LogP contribution in [0.3, 0.4) is 0 Å². The van der Waals surface area contributed by atoms with Crippen LogP contribution in [0.15, 0.2) is 34.7 Å². The number of rotatable bonds is 4. The second-order valence-electron chi connectivity index (χ2n) is 4.36. The Morgan fingerprint density at radius 2 is 2.17 bits per heavy atom. The number of nitrogens with one attached hydrogen (secondary N) is 2. The van der Waals surface area contributed by atoms with Crippen molar-refractivity contribution in [3.63, 3.8) is 0 Å². The molecule has 0 radical (unpaired) electrons. The van der Waals surface area contributed by atoms with Gasteiger partial charge in [0.2, 0.25) is 0 Å². The molecular weight excluding hydrogens is 228 g/mol. The van der Waals surface area contributed by atoms with Gasteiger partial charge in [-0.15, -0.1) is 0 Å². The Morgan fingerprint density at radius 1 is 1.39 bits per heavy atom. The molecule has 4 nitrogen and oxygen atoms in total. The fraction of sp³-hybridized carbons (Fsp3) is 0.357. The Labute approximate surface area is 106 Å². The Bertz CT molecular complexity index is 500. The zero-order valence-corrected chi connectivity index (χ0v) is 10.7. The minimum atomic E-state index is -0.138. The van der Waals surface area contributed by atoms with Gasteiger partial charge in [-0.25, -0.2) is 4.79 Å². The molecule has 0 aliphatic rings. The second-order valence-corrected chi connectivity index (χ2v) is 4.36. The summed E-state index contributed by atoms with van der Waals surface area (Å²) in [7, 11) is 0. The third-order valence-corrected chi connectivity index (χ3v) is 2.70. The molecule has 96 valence electrons. The van der Waals surface area contributed by atoms with Crippen LogP contribution in [0, 0.1) is 0 Å². The van der Waals surface area contributed by atoms with Crippen LogP contribution in [0.1, 0.15) is 19.6 Å². The zero-order valence-electron chi connectivity index (χ0n) is 10.7. The fourth-order valence-electron chi connectivity index (χ4n) is 1.93. The van der Waals surface area contributed by atoms with Crippen molar-refractivity contribution < 1.29 is 9.21 Å². The van der Waals surface area contributed by atoms with E-state index in [9.17, 15) is 4.79 Å². The van der Waals surface area contributed by atoms with Crippen LogP contribution in [0.4, 0.5) is 4.79 Å². The molecule has 2 amide bonds. The first-order valence-electron chi connectivity index (χ1n) is 6.21. The molecule has 2 aromatic rings. The molecule has 1 heterocycles. The molecule has 1 atom stereocenters. The molecule has 0 saturated carbocycles. The fourth-order valence-corrected chi connectivity index (χ4v) is 1.93. The Kier molecular flexibility index (Phi) is 3.87. The molecule has 1 unspecified atom stereocenters. The summed E-state index contributed by atoms with van der Waals surface area (Å²) >= 11 is 0. The quantitative estimate of drug-likeness (QED) is 0.871. The zero-order chi connectivity index (χ0) is 13.0. The van der Waals surface area contributed by atoms with Gasteiger partial charge in [0.05, 0.1) is 0 Å². The van der Waals surface area contributed by atoms with Crippen molar-refractivity contribution in [1.82, 2.24) is 10.6 Å². The number of carbonyl (C=O) groups excluding carboxylic acids is 1. The lowest BCUT2D eigenvalue weighted by atomic mass is 10.2. The van der Waals surface area contributed by atoms with Crippen LogP contribution in [0.2, 0.25) is 0 Å². The summed E-state index contributed by atoms with van der Waals surface area (Å²) in [5, 5.41) is 6.67. The summed E-state index contributed by atoms with van der Waals surface area (Å²) in [6.07, 6.45) is 0.686. The van der Waals surface area contributed by atoms with Crippen LogP contribution in [-0.4, -0.2) is 18.6 Å². The topological polar surface area (TPSA) is 54.3 Å². The molecule has 1 aromatic carbocycles. The number of urea groups is 1. The van der Waals surface area contributed by atoms with E-state index >= 15 is 0 Å². The van der Waals surface area contributed by atoms with Gasteiger partial charge < -0.3 is 15.1 Å². The monoisotopic (exact) mass is 246 g/mol. The molecule has 2 rings (SSSR count). The van der Waals surface area contributed by atoms with E-state index in [0.717, 1.165) is 16.7 Å². The number of amides is 2. The van der Waals surface area contributed by atoms with Crippen molar-refractivity contribution in [3.05, 3.63) is 36.1 Å². The van der Waals surface area contributed by atoms with Crippen LogP contribution in [0.5, 0.6) is 0 Å². The molecular formula is C14H18N2O2. The molecule has 4 heteroatoms. The maximum atomic E-state index is 11.4. The van der Waals surface area contributed by atoms with E-state index in [1.165, 1.54) is 0 Å². The lowest BCUT2D eigenvalue weighted by molar-refractivity contribution is 0.238. The highest BCUT2D eigenvalue weighted by Crippen LogP contribution is 2.19. The van der Waals surface area contributed by atoms with Crippen LogP contribution < -0.4 is 10.6 Å². The van der Waals surface area contributed by atoms with Gasteiger partial charge in [-0.2, -0.15) is 0 Å². The first kappa shape index (κ1) is 12.5. The van der Waals surface area contributed by atoms with Gasteiger partial charge in [-0.05, 0) is 26.0 Å². The standard InChI is InChI=1S/C14H18N2O2/c1-3-15-14(17)16-10(2)8-12-9-11-6-4-5-7-13(11)18-12/h4-7,9-10H,3,8H2,1-2H3,(H2,15,16,17). The van der Waals surface area contributed by atoms with Crippen molar-refractivity contribution in [3.8, 4) is 0 Å². The lowest BCUT2D eigenvalue weighted by Crippen LogP contribution is -2.41. The normalized spacial score (nSPS) is 12.3. The van der Waals surface area contributed by atoms with E-state index in [4.69, 9.17) is 4.42 Å². The maximum Gasteiger partial charge on any atom is 0.314 e. The highest BCUT2D eigenvalue weighted by atomic mass is 16.3. The Balaban J connectivity index is 1.98. The average molecular weight is 246 g/mol. The van der Waals surface area contributed by atoms with Gasteiger partial charge in [0.1, 0.15) is 11.3 Å². The maximum absolute atomic E-state index is 11.4. The summed E-state index contributed by atoms with van der Waals surface area (Å²) < 4.78 is 5.71. The Hall–Kier alpha value is -1.97. The average Bonchev–Trinajstić information content (AvgIpc) is 2.70. The van der Waals surface area contributed by atoms with E-state index in [-0.39, 0.29) is 12.1 Å². The third-order valence-electron chi connectivity index (χ3n) is 2.70. The summed E-state index contributed by atoms with van der Waals surface area (Å²) in [5.41, 5.74) is 0.887. The summed E-state index contributed by atoms with van der Waals surface area (Å²) in [6.45, 7) is 4.48. The predicted octanol–water partition coefficient (Wildman–Crippen LogP) is 2.68. The van der Waals surface area contributed by atoms with Crippen molar-refractivity contribution >= 4 is 17.0 Å². The van der Waals surface area contributed by atoms with E-state index in [1.54, 1.807) is 0 Å². The number of fused-ring (bicyclic) bond motifs is 1. The molecule has 0 spiro atoms. The van der Waals surface area contributed by atoms with Crippen molar-refractivity contribution in [1.29, 1.82) is 0 Å². The van der Waals surface area contributed by atoms with Gasteiger partial charge >= 0.3 is 6.03 Å². The first-order valence-corrected chi connectivity index (χ1v) is 6.21. The molecule has 0 saturated heterocycles. The number of hydrogen-bond donors (Lipinski definition) is 2. The molecule has 1 aromatic heterocycles. The Morgan fingerprint density at radius 3 is 2.89 bits per heavy atom. The molecule has 18 heavy (non-hydrogen) atoms. The number of benzene rings is 1. The highest BCUT2D eigenvalue weighted by Gasteiger charge is 2.10. The molecule has 0 aliphatic heterocycles. The lowest BCUT2D eigenvalue weighted by Gasteiger charge is -2.12. The van der Waals surface area contributed by atoms with Crippen molar-refractivity contribution in [2.24, 2.45) is 0 Å². The molecule has 0 bridgehead atoms. The molecule has 0 aliphatic carbocycles. The summed E-state index contributed by atoms with van der Waals surface area (Å²) in [6, 6.07) is 9.82. The SMILES string of the molecule is CCNC(=O)NC(C)Cc1cc2ccccc2o1. The first-order chi connectivity index (χ1) is 8.69. The predicted molar refractivity (Wildman–Crippen MR) is 71.6 cm³/mol. The highest BCUT2D eigenvalue weighted by molar-refractivity contribution is 5.77. The van der Waals surface area contributed by atoms with Crippen LogP contribution in [-0.2, 0) is 6.42 Å². The third kappa shape index (κ3) is 3.03. The van der Waals surface area contributed by atoms with Gasteiger partial charge in [-0.3, -0.25) is 0 Å². The van der Waals surface area contributed by atoms with E-state index in [1.807, 2.05) is 44.2 Å². The summed E-state index contributed by atoms with van der Waals surface area (Å²) in [4.78, 5) is 11.4. The van der Waals surface area contributed by atoms with Gasteiger partial charge in [-0.1, -0.05) is 18.2 Å². The van der Waals surface area contributed by atoms with Crippen molar-refractivity contribution in [2.45, 2.75) is 26.3 Å². The largest absolute Gasteiger partial charge is 0.461 e.